The van der Waals surface area contributed by atoms with Gasteiger partial charge in [-0.15, -0.1) is 0 Å². The second-order valence-corrected chi connectivity index (χ2v) is 4.40. The monoisotopic (exact) mass is 256 g/mol. The van der Waals surface area contributed by atoms with E-state index in [0.717, 1.165) is 24.0 Å². The van der Waals surface area contributed by atoms with Gasteiger partial charge in [-0.05, 0) is 50.1 Å². The van der Waals surface area contributed by atoms with E-state index in [9.17, 15) is 0 Å². The summed E-state index contributed by atoms with van der Waals surface area (Å²) in [5.74, 6) is 0. The van der Waals surface area contributed by atoms with Gasteiger partial charge in [-0.3, -0.25) is 0 Å². The zero-order valence-corrected chi connectivity index (χ0v) is 10.3. The highest BCUT2D eigenvalue weighted by Crippen LogP contribution is 2.24. The molecule has 0 radical (unpaired) electrons. The first kappa shape index (κ1) is 11.5. The van der Waals surface area contributed by atoms with E-state index < -0.39 is 0 Å². The highest BCUT2D eigenvalue weighted by molar-refractivity contribution is 9.10. The van der Waals surface area contributed by atoms with Crippen LogP contribution in [0.4, 0.5) is 5.69 Å². The molecule has 14 heavy (non-hydrogen) atoms. The van der Waals surface area contributed by atoms with Crippen molar-refractivity contribution in [2.45, 2.75) is 20.3 Å². The first-order chi connectivity index (χ1) is 6.65. The van der Waals surface area contributed by atoms with Gasteiger partial charge in [0.2, 0.25) is 0 Å². The lowest BCUT2D eigenvalue weighted by Gasteiger charge is -2.12. The third-order valence-electron chi connectivity index (χ3n) is 2.18. The second-order valence-electron chi connectivity index (χ2n) is 3.48. The van der Waals surface area contributed by atoms with Crippen LogP contribution in [0.2, 0.25) is 0 Å². The van der Waals surface area contributed by atoms with Gasteiger partial charge in [-0.2, -0.15) is 0 Å². The fraction of sp³-hybridized carbons (Fsp3) is 0.455. The summed E-state index contributed by atoms with van der Waals surface area (Å²) in [4.78, 5) is 0. The number of aryl methyl sites for hydroxylation is 2. The molecular weight excluding hydrogens is 240 g/mol. The van der Waals surface area contributed by atoms with Crippen molar-refractivity contribution >= 4 is 21.6 Å². The molecule has 1 aromatic carbocycles. The van der Waals surface area contributed by atoms with Crippen molar-refractivity contribution in [3.05, 3.63) is 27.7 Å². The van der Waals surface area contributed by atoms with Crippen molar-refractivity contribution in [3.8, 4) is 0 Å². The van der Waals surface area contributed by atoms with Gasteiger partial charge in [0.05, 0.1) is 0 Å². The maximum absolute atomic E-state index is 5.45. The predicted molar refractivity (Wildman–Crippen MR) is 65.8 cm³/mol. The van der Waals surface area contributed by atoms with Crippen molar-refractivity contribution in [3.63, 3.8) is 0 Å². The SMILES string of the molecule is Cc1cc(Br)cc(C)c1NCCCN. The van der Waals surface area contributed by atoms with E-state index in [0.29, 0.717) is 0 Å². The van der Waals surface area contributed by atoms with Crippen LogP contribution >= 0.6 is 15.9 Å². The zero-order valence-electron chi connectivity index (χ0n) is 8.73. The molecule has 0 saturated carbocycles. The minimum absolute atomic E-state index is 0.738. The molecule has 0 saturated heterocycles. The molecule has 3 heteroatoms. The molecule has 78 valence electrons. The van der Waals surface area contributed by atoms with E-state index in [1.807, 2.05) is 0 Å². The van der Waals surface area contributed by atoms with E-state index in [1.54, 1.807) is 0 Å². The second kappa shape index (κ2) is 5.37. The third kappa shape index (κ3) is 3.00. The van der Waals surface area contributed by atoms with Gasteiger partial charge in [-0.1, -0.05) is 15.9 Å². The van der Waals surface area contributed by atoms with E-state index in [4.69, 9.17) is 5.73 Å². The number of benzene rings is 1. The minimum atomic E-state index is 0.738. The average Bonchev–Trinajstić information content (AvgIpc) is 2.09. The lowest BCUT2D eigenvalue weighted by molar-refractivity contribution is 0.872. The summed E-state index contributed by atoms with van der Waals surface area (Å²) in [5.41, 5.74) is 9.23. The van der Waals surface area contributed by atoms with Crippen LogP contribution in [0.25, 0.3) is 0 Å². The Morgan fingerprint density at radius 3 is 2.36 bits per heavy atom. The molecule has 0 spiro atoms. The Kier molecular flexibility index (Phi) is 4.42. The lowest BCUT2D eigenvalue weighted by atomic mass is 10.1. The van der Waals surface area contributed by atoms with Crippen molar-refractivity contribution in [2.75, 3.05) is 18.4 Å². The van der Waals surface area contributed by atoms with E-state index in [2.05, 4.69) is 47.2 Å². The fourth-order valence-electron chi connectivity index (χ4n) is 1.50. The summed E-state index contributed by atoms with van der Waals surface area (Å²) in [5, 5.41) is 3.41. The number of halogens is 1. The van der Waals surface area contributed by atoms with E-state index in [-0.39, 0.29) is 0 Å². The largest absolute Gasteiger partial charge is 0.385 e. The molecule has 0 fully saturated rings. The summed E-state index contributed by atoms with van der Waals surface area (Å²) < 4.78 is 1.14. The molecule has 0 aromatic heterocycles. The topological polar surface area (TPSA) is 38.0 Å². The molecule has 3 N–H and O–H groups in total. The molecule has 0 bridgehead atoms. The van der Waals surface area contributed by atoms with Crippen LogP contribution in [0.3, 0.4) is 0 Å². The Morgan fingerprint density at radius 2 is 1.86 bits per heavy atom. The van der Waals surface area contributed by atoms with Crippen LogP contribution in [0, 0.1) is 13.8 Å². The van der Waals surface area contributed by atoms with Gasteiger partial charge in [0, 0.05) is 16.7 Å². The van der Waals surface area contributed by atoms with Crippen molar-refractivity contribution in [1.29, 1.82) is 0 Å². The van der Waals surface area contributed by atoms with Gasteiger partial charge < -0.3 is 11.1 Å². The van der Waals surface area contributed by atoms with Crippen LogP contribution in [0.5, 0.6) is 0 Å². The zero-order chi connectivity index (χ0) is 10.6. The molecule has 2 nitrogen and oxygen atoms in total. The molecule has 0 atom stereocenters. The van der Waals surface area contributed by atoms with Crippen LogP contribution in [0.1, 0.15) is 17.5 Å². The van der Waals surface area contributed by atoms with Gasteiger partial charge in [-0.25, -0.2) is 0 Å². The Morgan fingerprint density at radius 1 is 1.29 bits per heavy atom. The molecule has 1 aromatic rings. The summed E-state index contributed by atoms with van der Waals surface area (Å²) in [7, 11) is 0. The molecule has 0 aliphatic rings. The van der Waals surface area contributed by atoms with Gasteiger partial charge in [0.25, 0.3) is 0 Å². The van der Waals surface area contributed by atoms with Crippen molar-refractivity contribution in [1.82, 2.24) is 0 Å². The first-order valence-electron chi connectivity index (χ1n) is 4.86. The highest BCUT2D eigenvalue weighted by atomic mass is 79.9. The van der Waals surface area contributed by atoms with Crippen LogP contribution in [-0.2, 0) is 0 Å². The third-order valence-corrected chi connectivity index (χ3v) is 2.64. The number of hydrogen-bond donors (Lipinski definition) is 2. The van der Waals surface area contributed by atoms with Gasteiger partial charge in [0.15, 0.2) is 0 Å². The van der Waals surface area contributed by atoms with E-state index in [1.165, 1.54) is 16.8 Å². The molecular formula is C11H17BrN2. The highest BCUT2D eigenvalue weighted by Gasteiger charge is 2.02. The minimum Gasteiger partial charge on any atom is -0.385 e. The Balaban J connectivity index is 2.75. The summed E-state index contributed by atoms with van der Waals surface area (Å²) in [6.07, 6.45) is 1.01. The molecule has 1 rings (SSSR count). The molecule has 0 amide bonds. The number of nitrogens with two attached hydrogens (primary N) is 1. The fourth-order valence-corrected chi connectivity index (χ4v) is 2.19. The molecule has 0 unspecified atom stereocenters. The van der Waals surface area contributed by atoms with Gasteiger partial charge in [0.1, 0.15) is 0 Å². The normalized spacial score (nSPS) is 10.3. The summed E-state index contributed by atoms with van der Waals surface area (Å²) in [6, 6.07) is 4.25. The Bertz CT molecular complexity index is 287. The number of anilines is 1. The first-order valence-corrected chi connectivity index (χ1v) is 5.65. The van der Waals surface area contributed by atoms with Crippen LogP contribution < -0.4 is 11.1 Å². The smallest absolute Gasteiger partial charge is 0.0400 e. The van der Waals surface area contributed by atoms with Crippen LogP contribution in [-0.4, -0.2) is 13.1 Å². The maximum Gasteiger partial charge on any atom is 0.0400 e. The number of rotatable bonds is 4. The Hall–Kier alpha value is -0.540. The van der Waals surface area contributed by atoms with Crippen LogP contribution in [0.15, 0.2) is 16.6 Å². The van der Waals surface area contributed by atoms with E-state index >= 15 is 0 Å². The van der Waals surface area contributed by atoms with Gasteiger partial charge >= 0.3 is 0 Å². The Labute approximate surface area is 94.0 Å². The maximum atomic E-state index is 5.45. The quantitative estimate of drug-likeness (QED) is 0.814. The van der Waals surface area contributed by atoms with Crippen molar-refractivity contribution < 1.29 is 0 Å². The molecule has 0 aliphatic carbocycles. The average molecular weight is 257 g/mol. The number of hydrogen-bond acceptors (Lipinski definition) is 2. The summed E-state index contributed by atoms with van der Waals surface area (Å²) >= 11 is 3.48. The standard InChI is InChI=1S/C11H17BrN2/c1-8-6-10(12)7-9(2)11(8)14-5-3-4-13/h6-7,14H,3-5,13H2,1-2H3. The van der Waals surface area contributed by atoms with Crippen molar-refractivity contribution in [2.24, 2.45) is 5.73 Å². The molecule has 0 aliphatic heterocycles. The lowest BCUT2D eigenvalue weighted by Crippen LogP contribution is -2.10. The molecule has 0 heterocycles. The summed E-state index contributed by atoms with van der Waals surface area (Å²) in [6.45, 7) is 5.91. The predicted octanol–water partition coefficient (Wildman–Crippen LogP) is 2.83. The number of nitrogens with one attached hydrogen (secondary N) is 1.